The molecule has 8 nitrogen and oxygen atoms in total. The summed E-state index contributed by atoms with van der Waals surface area (Å²) < 4.78 is 28.5. The van der Waals surface area contributed by atoms with Crippen molar-refractivity contribution in [1.29, 1.82) is 0 Å². The van der Waals surface area contributed by atoms with Gasteiger partial charge in [0.2, 0.25) is 0 Å². The number of aliphatic hydroxyl groups is 1. The Kier molecular flexibility index (Phi) is 6.50. The Morgan fingerprint density at radius 1 is 0.917 bits per heavy atom. The highest BCUT2D eigenvalue weighted by Gasteiger charge is 2.14. The fourth-order valence-corrected chi connectivity index (χ4v) is 3.80. The summed E-state index contributed by atoms with van der Waals surface area (Å²) in [6.45, 7) is 0.162. The molecule has 2 aromatic carbocycles. The molecule has 1 atom stereocenters. The van der Waals surface area contributed by atoms with Crippen LogP contribution in [0.15, 0.2) is 81.8 Å². The highest BCUT2D eigenvalue weighted by atomic mass is 19.1. The van der Waals surface area contributed by atoms with E-state index in [4.69, 9.17) is 5.11 Å². The zero-order valence-electron chi connectivity index (χ0n) is 18.9. The first-order valence-electron chi connectivity index (χ1n) is 11.2. The van der Waals surface area contributed by atoms with Crippen molar-refractivity contribution in [3.63, 3.8) is 0 Å². The van der Waals surface area contributed by atoms with Gasteiger partial charge in [-0.05, 0) is 29.8 Å². The summed E-state index contributed by atoms with van der Waals surface area (Å²) in [5.74, 6) is -0.951. The van der Waals surface area contributed by atoms with Crippen molar-refractivity contribution in [3.05, 3.63) is 100 Å². The number of benzene rings is 2. The Morgan fingerprint density at radius 3 is 2.44 bits per heavy atom. The minimum atomic E-state index is -0.722. The van der Waals surface area contributed by atoms with E-state index < -0.39 is 11.6 Å². The van der Waals surface area contributed by atoms with E-state index in [9.17, 15) is 13.6 Å². The molecule has 1 N–H and O–H groups in total. The van der Waals surface area contributed by atoms with Crippen LogP contribution in [0, 0.1) is 11.6 Å². The molecule has 1 aliphatic rings. The maximum Gasteiger partial charge on any atom is 0.267 e. The highest BCUT2D eigenvalue weighted by Crippen LogP contribution is 2.20. The van der Waals surface area contributed by atoms with Crippen LogP contribution in [0.3, 0.4) is 0 Å². The van der Waals surface area contributed by atoms with Crippen molar-refractivity contribution >= 4 is 11.9 Å². The zero-order valence-corrected chi connectivity index (χ0v) is 18.9. The lowest BCUT2D eigenvalue weighted by atomic mass is 10.1. The average Bonchev–Trinajstić information content (AvgIpc) is 3.34. The first-order valence-corrected chi connectivity index (χ1v) is 11.2. The van der Waals surface area contributed by atoms with E-state index in [0.717, 1.165) is 34.9 Å². The van der Waals surface area contributed by atoms with E-state index in [-0.39, 0.29) is 36.1 Å². The number of rotatable bonds is 7. The SMILES string of the molecule is O=c1ccc(-c2cc(F)cc(F)c2)nn1Cc1cccc(-c2ncc(C3=NC(CCO)N=C3)cn2)c1. The lowest BCUT2D eigenvalue weighted by Crippen LogP contribution is -2.22. The smallest absolute Gasteiger partial charge is 0.267 e. The Morgan fingerprint density at radius 2 is 1.69 bits per heavy atom. The van der Waals surface area contributed by atoms with Gasteiger partial charge in [-0.2, -0.15) is 5.10 Å². The summed E-state index contributed by atoms with van der Waals surface area (Å²) in [7, 11) is 0. The van der Waals surface area contributed by atoms with Crippen LogP contribution in [0.5, 0.6) is 0 Å². The number of aromatic nitrogens is 4. The molecule has 0 saturated heterocycles. The monoisotopic (exact) mass is 486 g/mol. The quantitative estimate of drug-likeness (QED) is 0.432. The van der Waals surface area contributed by atoms with E-state index in [0.29, 0.717) is 18.0 Å². The second kappa shape index (κ2) is 10.0. The number of nitrogens with zero attached hydrogens (tertiary/aromatic N) is 6. The summed E-state index contributed by atoms with van der Waals surface area (Å²) in [5.41, 5.74) is 3.08. The normalized spacial score (nSPS) is 14.8. The molecule has 0 fully saturated rings. The topological polar surface area (TPSA) is 106 Å². The largest absolute Gasteiger partial charge is 0.396 e. The lowest BCUT2D eigenvalue weighted by molar-refractivity contribution is 0.278. The molecule has 0 aliphatic carbocycles. The van der Waals surface area contributed by atoms with Crippen molar-refractivity contribution in [2.45, 2.75) is 19.1 Å². The minimum absolute atomic E-state index is 0.0137. The van der Waals surface area contributed by atoms with Gasteiger partial charge in [0.15, 0.2) is 5.82 Å². The van der Waals surface area contributed by atoms with E-state index >= 15 is 0 Å². The van der Waals surface area contributed by atoms with E-state index in [1.807, 2.05) is 24.3 Å². The number of halogens is 2. The molecule has 0 amide bonds. The van der Waals surface area contributed by atoms with Gasteiger partial charge in [-0.3, -0.25) is 14.8 Å². The lowest BCUT2D eigenvalue weighted by Gasteiger charge is -2.09. The van der Waals surface area contributed by atoms with Gasteiger partial charge < -0.3 is 5.11 Å². The minimum Gasteiger partial charge on any atom is -0.396 e. The van der Waals surface area contributed by atoms with Gasteiger partial charge in [-0.15, -0.1) is 0 Å². The van der Waals surface area contributed by atoms with Crippen molar-refractivity contribution in [2.24, 2.45) is 9.98 Å². The standard InChI is InChI=1S/C26H20F2N6O2/c27-20-9-18(10-21(28)11-20)22-4-5-25(36)34(33-22)15-16-2-1-3-17(8-16)26-30-12-19(13-31-26)23-14-29-24(32-23)6-7-35/h1-5,8-14,24,35H,6-7,15H2. The van der Waals surface area contributed by atoms with E-state index in [2.05, 4.69) is 25.1 Å². The van der Waals surface area contributed by atoms with Crippen LogP contribution in [0.2, 0.25) is 0 Å². The first kappa shape index (κ1) is 23.3. The maximum absolute atomic E-state index is 13.6. The fourth-order valence-electron chi connectivity index (χ4n) is 3.80. The first-order chi connectivity index (χ1) is 17.5. The van der Waals surface area contributed by atoms with Crippen molar-refractivity contribution in [3.8, 4) is 22.6 Å². The van der Waals surface area contributed by atoms with Crippen LogP contribution in [-0.4, -0.2) is 49.6 Å². The third-order valence-corrected chi connectivity index (χ3v) is 5.53. The van der Waals surface area contributed by atoms with Crippen LogP contribution >= 0.6 is 0 Å². The number of hydrogen-bond acceptors (Lipinski definition) is 7. The summed E-state index contributed by atoms with van der Waals surface area (Å²) in [6, 6.07) is 13.2. The Balaban J connectivity index is 1.37. The van der Waals surface area contributed by atoms with Crippen molar-refractivity contribution < 1.29 is 13.9 Å². The van der Waals surface area contributed by atoms with Gasteiger partial charge >= 0.3 is 0 Å². The molecule has 180 valence electrons. The molecule has 0 radical (unpaired) electrons. The predicted molar refractivity (Wildman–Crippen MR) is 131 cm³/mol. The summed E-state index contributed by atoms with van der Waals surface area (Å²) in [4.78, 5) is 30.0. The second-order valence-electron chi connectivity index (χ2n) is 8.15. The predicted octanol–water partition coefficient (Wildman–Crippen LogP) is 3.28. The van der Waals surface area contributed by atoms with Crippen molar-refractivity contribution in [1.82, 2.24) is 19.7 Å². The van der Waals surface area contributed by atoms with Crippen LogP contribution in [0.1, 0.15) is 17.5 Å². The molecule has 3 heterocycles. The van der Waals surface area contributed by atoms with E-state index in [1.165, 1.54) is 16.8 Å². The number of aliphatic imine (C=N–C) groups is 2. The summed E-state index contributed by atoms with van der Waals surface area (Å²) >= 11 is 0. The Labute approximate surface area is 204 Å². The third-order valence-electron chi connectivity index (χ3n) is 5.53. The van der Waals surface area contributed by atoms with Crippen LogP contribution in [0.4, 0.5) is 8.78 Å². The molecule has 1 unspecified atom stereocenters. The second-order valence-corrected chi connectivity index (χ2v) is 8.15. The van der Waals surface area contributed by atoms with E-state index in [1.54, 1.807) is 18.6 Å². The number of hydrogen-bond donors (Lipinski definition) is 1. The molecule has 0 spiro atoms. The molecular formula is C26H20F2N6O2. The Bertz CT molecular complexity index is 1510. The van der Waals surface area contributed by atoms with Crippen LogP contribution in [0.25, 0.3) is 22.6 Å². The number of aliphatic hydroxyl groups excluding tert-OH is 1. The fraction of sp³-hybridized carbons (Fsp3) is 0.154. The molecule has 0 bridgehead atoms. The molecule has 10 heteroatoms. The summed E-state index contributed by atoms with van der Waals surface area (Å²) in [6.07, 6.45) is 5.16. The molecule has 2 aromatic heterocycles. The molecular weight excluding hydrogens is 466 g/mol. The van der Waals surface area contributed by atoms with Crippen LogP contribution < -0.4 is 5.56 Å². The molecule has 4 aromatic rings. The van der Waals surface area contributed by atoms with Crippen LogP contribution in [-0.2, 0) is 6.54 Å². The van der Waals surface area contributed by atoms with Gasteiger partial charge in [0.25, 0.3) is 5.56 Å². The molecule has 1 aliphatic heterocycles. The Hall–Kier alpha value is -4.44. The summed E-state index contributed by atoms with van der Waals surface area (Å²) in [5, 5.41) is 13.3. The molecule has 5 rings (SSSR count). The molecule has 36 heavy (non-hydrogen) atoms. The van der Waals surface area contributed by atoms with Gasteiger partial charge in [0.05, 0.1) is 18.0 Å². The maximum atomic E-state index is 13.6. The van der Waals surface area contributed by atoms with Gasteiger partial charge in [-0.1, -0.05) is 18.2 Å². The van der Waals surface area contributed by atoms with Gasteiger partial charge in [0, 0.05) is 60.5 Å². The van der Waals surface area contributed by atoms with Crippen molar-refractivity contribution in [2.75, 3.05) is 6.61 Å². The van der Waals surface area contributed by atoms with Gasteiger partial charge in [-0.25, -0.2) is 23.4 Å². The third kappa shape index (κ3) is 5.13. The zero-order chi connectivity index (χ0) is 25.1. The highest BCUT2D eigenvalue weighted by molar-refractivity contribution is 6.39. The average molecular weight is 486 g/mol. The van der Waals surface area contributed by atoms with Gasteiger partial charge in [0.1, 0.15) is 17.8 Å². The molecule has 0 saturated carbocycles.